The molecule has 0 saturated carbocycles. The van der Waals surface area contributed by atoms with Gasteiger partial charge in [0.05, 0.1) is 4.47 Å². The lowest BCUT2D eigenvalue weighted by Crippen LogP contribution is -2.30. The Labute approximate surface area is 146 Å². The highest BCUT2D eigenvalue weighted by Crippen LogP contribution is 2.26. The molecule has 2 aromatic rings. The van der Waals surface area contributed by atoms with Gasteiger partial charge in [0.25, 0.3) is 5.91 Å². The summed E-state index contributed by atoms with van der Waals surface area (Å²) in [5.41, 5.74) is 2.37. The number of ether oxygens (including phenoxy) is 1. The number of rotatable bonds is 7. The molecule has 2 aromatic carbocycles. The highest BCUT2D eigenvalue weighted by atomic mass is 79.9. The Morgan fingerprint density at radius 3 is 2.52 bits per heavy atom. The van der Waals surface area contributed by atoms with Gasteiger partial charge in [-0.1, -0.05) is 49.7 Å². The average Bonchev–Trinajstić information content (AvgIpc) is 2.55. The minimum Gasteiger partial charge on any atom is -0.483 e. The largest absolute Gasteiger partial charge is 0.483 e. The van der Waals surface area contributed by atoms with Crippen molar-refractivity contribution in [2.24, 2.45) is 0 Å². The summed E-state index contributed by atoms with van der Waals surface area (Å²) < 4.78 is 6.54. The standard InChI is InChI=1S/C19H22BrNO2/c1-3-7-15-10-11-18(17(20)12-15)23-14-19(22)21(2)13-16-8-5-4-6-9-16/h4-6,8-12H,3,7,13-14H2,1-2H3. The molecule has 3 nitrogen and oxygen atoms in total. The molecule has 0 aliphatic carbocycles. The van der Waals surface area contributed by atoms with E-state index in [0.29, 0.717) is 12.3 Å². The van der Waals surface area contributed by atoms with Crippen molar-refractivity contribution in [1.82, 2.24) is 4.90 Å². The Bertz CT molecular complexity index is 643. The van der Waals surface area contributed by atoms with Crippen molar-refractivity contribution < 1.29 is 9.53 Å². The van der Waals surface area contributed by atoms with E-state index in [4.69, 9.17) is 4.74 Å². The van der Waals surface area contributed by atoms with Gasteiger partial charge in [-0.15, -0.1) is 0 Å². The van der Waals surface area contributed by atoms with Crippen molar-refractivity contribution >= 4 is 21.8 Å². The molecule has 0 aliphatic rings. The van der Waals surface area contributed by atoms with Crippen LogP contribution < -0.4 is 4.74 Å². The number of hydrogen-bond acceptors (Lipinski definition) is 2. The molecular weight excluding hydrogens is 354 g/mol. The van der Waals surface area contributed by atoms with E-state index in [1.165, 1.54) is 5.56 Å². The van der Waals surface area contributed by atoms with E-state index in [2.05, 4.69) is 28.9 Å². The second-order valence-electron chi connectivity index (χ2n) is 5.54. The van der Waals surface area contributed by atoms with E-state index in [-0.39, 0.29) is 12.5 Å². The van der Waals surface area contributed by atoms with Gasteiger partial charge < -0.3 is 9.64 Å². The molecule has 0 unspecified atom stereocenters. The molecule has 0 atom stereocenters. The molecule has 2 rings (SSSR count). The van der Waals surface area contributed by atoms with Crippen LogP contribution in [0.15, 0.2) is 53.0 Å². The van der Waals surface area contributed by atoms with Gasteiger partial charge in [-0.05, 0) is 45.6 Å². The van der Waals surface area contributed by atoms with Crippen molar-refractivity contribution in [1.29, 1.82) is 0 Å². The number of aryl methyl sites for hydroxylation is 1. The maximum atomic E-state index is 12.2. The first-order chi connectivity index (χ1) is 11.1. The summed E-state index contributed by atoms with van der Waals surface area (Å²) in [7, 11) is 1.79. The summed E-state index contributed by atoms with van der Waals surface area (Å²) in [6, 6.07) is 15.9. The molecule has 23 heavy (non-hydrogen) atoms. The maximum Gasteiger partial charge on any atom is 0.260 e. The van der Waals surface area contributed by atoms with Gasteiger partial charge in [0.2, 0.25) is 0 Å². The molecule has 0 radical (unpaired) electrons. The summed E-state index contributed by atoms with van der Waals surface area (Å²) in [6.07, 6.45) is 2.15. The van der Waals surface area contributed by atoms with Crippen LogP contribution in [-0.4, -0.2) is 24.5 Å². The first kappa shape index (κ1) is 17.5. The zero-order valence-electron chi connectivity index (χ0n) is 13.6. The van der Waals surface area contributed by atoms with Crippen LogP contribution in [-0.2, 0) is 17.8 Å². The molecule has 1 amide bonds. The van der Waals surface area contributed by atoms with Crippen LogP contribution in [0.2, 0.25) is 0 Å². The number of benzene rings is 2. The molecule has 0 aliphatic heterocycles. The van der Waals surface area contributed by atoms with E-state index in [1.807, 2.05) is 42.5 Å². The van der Waals surface area contributed by atoms with E-state index in [1.54, 1.807) is 11.9 Å². The van der Waals surface area contributed by atoms with Gasteiger partial charge >= 0.3 is 0 Å². The third kappa shape index (κ3) is 5.39. The second kappa shape index (κ2) is 8.73. The van der Waals surface area contributed by atoms with E-state index >= 15 is 0 Å². The van der Waals surface area contributed by atoms with Crippen molar-refractivity contribution in [3.05, 3.63) is 64.1 Å². The number of halogens is 1. The van der Waals surface area contributed by atoms with Crippen molar-refractivity contribution in [2.45, 2.75) is 26.3 Å². The van der Waals surface area contributed by atoms with Gasteiger partial charge in [0.1, 0.15) is 5.75 Å². The van der Waals surface area contributed by atoms with Gasteiger partial charge in [-0.25, -0.2) is 0 Å². The lowest BCUT2D eigenvalue weighted by Gasteiger charge is -2.18. The monoisotopic (exact) mass is 375 g/mol. The summed E-state index contributed by atoms with van der Waals surface area (Å²) in [6.45, 7) is 2.77. The topological polar surface area (TPSA) is 29.5 Å². The Morgan fingerprint density at radius 1 is 1.13 bits per heavy atom. The SMILES string of the molecule is CCCc1ccc(OCC(=O)N(C)Cc2ccccc2)c(Br)c1. The predicted molar refractivity (Wildman–Crippen MR) is 96.5 cm³/mol. The fourth-order valence-electron chi connectivity index (χ4n) is 2.30. The molecule has 0 spiro atoms. The lowest BCUT2D eigenvalue weighted by molar-refractivity contribution is -0.132. The molecule has 0 fully saturated rings. The quantitative estimate of drug-likeness (QED) is 0.715. The number of carbonyl (C=O) groups excluding carboxylic acids is 1. The Hall–Kier alpha value is -1.81. The highest BCUT2D eigenvalue weighted by molar-refractivity contribution is 9.10. The van der Waals surface area contributed by atoms with Crippen LogP contribution in [0.1, 0.15) is 24.5 Å². The third-order valence-corrected chi connectivity index (χ3v) is 4.19. The lowest BCUT2D eigenvalue weighted by atomic mass is 10.1. The summed E-state index contributed by atoms with van der Waals surface area (Å²) >= 11 is 3.51. The van der Waals surface area contributed by atoms with Crippen LogP contribution in [0.5, 0.6) is 5.75 Å². The van der Waals surface area contributed by atoms with E-state index in [0.717, 1.165) is 22.9 Å². The van der Waals surface area contributed by atoms with Crippen molar-refractivity contribution in [3.63, 3.8) is 0 Å². The van der Waals surface area contributed by atoms with Crippen molar-refractivity contribution in [3.8, 4) is 5.75 Å². The minimum atomic E-state index is -0.0432. The molecule has 0 N–H and O–H groups in total. The van der Waals surface area contributed by atoms with Crippen molar-refractivity contribution in [2.75, 3.05) is 13.7 Å². The fraction of sp³-hybridized carbons (Fsp3) is 0.316. The van der Waals surface area contributed by atoms with Crippen LogP contribution in [0.3, 0.4) is 0 Å². The van der Waals surface area contributed by atoms with Crippen LogP contribution in [0.4, 0.5) is 0 Å². The molecule has 0 heterocycles. The fourth-order valence-corrected chi connectivity index (χ4v) is 2.84. The average molecular weight is 376 g/mol. The maximum absolute atomic E-state index is 12.2. The van der Waals surface area contributed by atoms with Gasteiger partial charge in [0.15, 0.2) is 6.61 Å². The smallest absolute Gasteiger partial charge is 0.260 e. The number of hydrogen-bond donors (Lipinski definition) is 0. The summed E-state index contributed by atoms with van der Waals surface area (Å²) in [5, 5.41) is 0. The molecular formula is C19H22BrNO2. The second-order valence-corrected chi connectivity index (χ2v) is 6.39. The molecule has 0 aromatic heterocycles. The van der Waals surface area contributed by atoms with E-state index in [9.17, 15) is 4.79 Å². The highest BCUT2D eigenvalue weighted by Gasteiger charge is 2.11. The summed E-state index contributed by atoms with van der Waals surface area (Å²) in [4.78, 5) is 13.9. The van der Waals surface area contributed by atoms with Crippen LogP contribution >= 0.6 is 15.9 Å². The minimum absolute atomic E-state index is 0.0368. The number of likely N-dealkylation sites (N-methyl/N-ethyl adjacent to an activating group) is 1. The molecule has 0 bridgehead atoms. The normalized spacial score (nSPS) is 10.4. The first-order valence-corrected chi connectivity index (χ1v) is 8.58. The van der Waals surface area contributed by atoms with Gasteiger partial charge in [-0.3, -0.25) is 4.79 Å². The predicted octanol–water partition coefficient (Wildman–Crippen LogP) is 4.44. The van der Waals surface area contributed by atoms with E-state index < -0.39 is 0 Å². The zero-order valence-corrected chi connectivity index (χ0v) is 15.2. The first-order valence-electron chi connectivity index (χ1n) is 7.79. The zero-order chi connectivity index (χ0) is 16.7. The van der Waals surface area contributed by atoms with Gasteiger partial charge in [-0.2, -0.15) is 0 Å². The number of amides is 1. The van der Waals surface area contributed by atoms with Crippen LogP contribution in [0.25, 0.3) is 0 Å². The number of nitrogens with zero attached hydrogens (tertiary/aromatic N) is 1. The molecule has 122 valence electrons. The Balaban J connectivity index is 1.88. The Morgan fingerprint density at radius 2 is 1.87 bits per heavy atom. The van der Waals surface area contributed by atoms with Gasteiger partial charge in [0, 0.05) is 13.6 Å². The molecule has 0 saturated heterocycles. The van der Waals surface area contributed by atoms with Crippen LogP contribution in [0, 0.1) is 0 Å². The Kier molecular flexibility index (Phi) is 6.66. The third-order valence-electron chi connectivity index (χ3n) is 3.57. The summed E-state index contributed by atoms with van der Waals surface area (Å²) in [5.74, 6) is 0.657. The molecule has 4 heteroatoms. The number of carbonyl (C=O) groups is 1.